The minimum Gasteiger partial charge on any atom is -0.310 e. The van der Waals surface area contributed by atoms with E-state index in [2.05, 4.69) is 9.01 Å². The Morgan fingerprint density at radius 2 is 2.04 bits per heavy atom. The standard InChI is InChI=1S/C10H18N4O7S2/c1-2-5-22(16,17)12-9(11)8-4-3-7-6-13(8)10(15)14(7)21-23(18,19)20/h7-8H,2-6H2,1H3,(H2,11,12)(H,18,19,20)/t7-,8+/m1/s1. The number of sulfonamides is 1. The molecular weight excluding hydrogens is 352 g/mol. The van der Waals surface area contributed by atoms with Gasteiger partial charge in [-0.1, -0.05) is 6.92 Å². The van der Waals surface area contributed by atoms with Crippen LogP contribution in [0.2, 0.25) is 0 Å². The third-order valence-electron chi connectivity index (χ3n) is 3.57. The van der Waals surface area contributed by atoms with Crippen molar-refractivity contribution in [3.8, 4) is 0 Å². The van der Waals surface area contributed by atoms with Gasteiger partial charge in [0, 0.05) is 6.54 Å². The number of hydrogen-bond donors (Lipinski definition) is 3. The van der Waals surface area contributed by atoms with Crippen LogP contribution in [0.4, 0.5) is 4.79 Å². The summed E-state index contributed by atoms with van der Waals surface area (Å²) in [7, 11) is -8.49. The average molecular weight is 370 g/mol. The van der Waals surface area contributed by atoms with Crippen molar-refractivity contribution >= 4 is 32.3 Å². The largest absolute Gasteiger partial charge is 0.418 e. The molecule has 0 aromatic rings. The molecule has 0 spiro atoms. The Kier molecular flexibility index (Phi) is 4.84. The van der Waals surface area contributed by atoms with E-state index in [4.69, 9.17) is 9.96 Å². The van der Waals surface area contributed by atoms with Crippen molar-refractivity contribution in [3.05, 3.63) is 0 Å². The van der Waals surface area contributed by atoms with E-state index in [1.807, 2.05) is 0 Å². The van der Waals surface area contributed by atoms with Gasteiger partial charge >= 0.3 is 16.4 Å². The second kappa shape index (κ2) is 6.22. The molecule has 2 saturated heterocycles. The van der Waals surface area contributed by atoms with Gasteiger partial charge in [0.15, 0.2) is 0 Å². The van der Waals surface area contributed by atoms with Crippen molar-refractivity contribution in [2.45, 2.75) is 38.3 Å². The number of piperidine rings is 1. The zero-order valence-electron chi connectivity index (χ0n) is 12.3. The molecule has 0 aromatic carbocycles. The fraction of sp³-hybridized carbons (Fsp3) is 0.800. The summed E-state index contributed by atoms with van der Waals surface area (Å²) in [5.41, 5.74) is 0. The van der Waals surface area contributed by atoms with E-state index in [1.165, 1.54) is 0 Å². The molecule has 0 radical (unpaired) electrons. The van der Waals surface area contributed by atoms with Gasteiger partial charge < -0.3 is 4.90 Å². The first-order valence-corrected chi connectivity index (χ1v) is 9.91. The van der Waals surface area contributed by atoms with Crippen molar-refractivity contribution in [2.75, 3.05) is 12.3 Å². The number of nitrogens with one attached hydrogen (secondary N) is 2. The predicted octanol–water partition coefficient (Wildman–Crippen LogP) is -0.704. The van der Waals surface area contributed by atoms with Crippen molar-refractivity contribution in [1.29, 1.82) is 5.41 Å². The maximum absolute atomic E-state index is 12.1. The van der Waals surface area contributed by atoms with E-state index in [1.54, 1.807) is 6.92 Å². The lowest BCUT2D eigenvalue weighted by Gasteiger charge is -2.30. The molecule has 2 heterocycles. The summed E-state index contributed by atoms with van der Waals surface area (Å²) >= 11 is 0. The molecule has 11 nitrogen and oxygen atoms in total. The fourth-order valence-corrected chi connectivity index (χ4v) is 4.19. The summed E-state index contributed by atoms with van der Waals surface area (Å²) in [6.07, 6.45) is 0.962. The smallest absolute Gasteiger partial charge is 0.310 e. The zero-order valence-corrected chi connectivity index (χ0v) is 13.9. The third kappa shape index (κ3) is 4.10. The van der Waals surface area contributed by atoms with Crippen LogP contribution in [-0.2, 0) is 24.7 Å². The van der Waals surface area contributed by atoms with E-state index in [0.717, 1.165) is 4.90 Å². The number of nitrogens with zero attached hydrogens (tertiary/aromatic N) is 2. The van der Waals surface area contributed by atoms with Gasteiger partial charge in [-0.15, -0.1) is 4.28 Å². The maximum Gasteiger partial charge on any atom is 0.418 e. The minimum absolute atomic E-state index is 0.0803. The van der Waals surface area contributed by atoms with E-state index in [-0.39, 0.29) is 24.6 Å². The van der Waals surface area contributed by atoms with Crippen molar-refractivity contribution < 1.29 is 30.5 Å². The highest BCUT2D eigenvalue weighted by molar-refractivity contribution is 7.90. The summed E-state index contributed by atoms with van der Waals surface area (Å²) < 4.78 is 60.1. The number of carbonyl (C=O) groups is 1. The van der Waals surface area contributed by atoms with Gasteiger partial charge in [0.05, 0.1) is 17.8 Å². The first-order chi connectivity index (χ1) is 10.5. The van der Waals surface area contributed by atoms with Crippen LogP contribution in [0.3, 0.4) is 0 Å². The molecule has 2 bridgehead atoms. The lowest BCUT2D eigenvalue weighted by atomic mass is 10.0. The number of rotatable bonds is 6. The van der Waals surface area contributed by atoms with Crippen LogP contribution in [0.5, 0.6) is 0 Å². The molecule has 0 aromatic heterocycles. The molecule has 0 saturated carbocycles. The summed E-state index contributed by atoms with van der Waals surface area (Å²) in [5.74, 6) is -0.490. The van der Waals surface area contributed by atoms with Crippen LogP contribution in [0, 0.1) is 5.41 Å². The molecule has 2 rings (SSSR count). The summed E-state index contributed by atoms with van der Waals surface area (Å²) in [5, 5.41) is 8.44. The first kappa shape index (κ1) is 17.9. The number of hydrogen-bond acceptors (Lipinski definition) is 7. The topological polar surface area (TPSA) is 157 Å². The van der Waals surface area contributed by atoms with E-state index in [9.17, 15) is 21.6 Å². The van der Waals surface area contributed by atoms with Gasteiger partial charge in [-0.05, 0) is 19.3 Å². The van der Waals surface area contributed by atoms with Crippen LogP contribution in [-0.4, -0.2) is 67.6 Å². The van der Waals surface area contributed by atoms with E-state index >= 15 is 0 Å². The molecule has 2 fully saturated rings. The number of urea groups is 1. The maximum atomic E-state index is 12.1. The van der Waals surface area contributed by atoms with Gasteiger partial charge in [0.25, 0.3) is 0 Å². The Labute approximate surface area is 134 Å². The highest BCUT2D eigenvalue weighted by atomic mass is 32.3. The molecule has 2 atom stereocenters. The van der Waals surface area contributed by atoms with Crippen LogP contribution < -0.4 is 4.72 Å². The number of amidine groups is 1. The molecule has 0 aliphatic carbocycles. The van der Waals surface area contributed by atoms with Crippen molar-refractivity contribution in [2.24, 2.45) is 0 Å². The van der Waals surface area contributed by atoms with E-state index in [0.29, 0.717) is 17.9 Å². The van der Waals surface area contributed by atoms with Crippen LogP contribution in [0.15, 0.2) is 0 Å². The summed E-state index contributed by atoms with van der Waals surface area (Å²) in [4.78, 5) is 13.3. The summed E-state index contributed by atoms with van der Waals surface area (Å²) in [6.45, 7) is 1.76. The number of fused-ring (bicyclic) bond motifs is 2. The summed E-state index contributed by atoms with van der Waals surface area (Å²) in [6, 6.07) is -2.24. The molecule has 2 aliphatic rings. The molecule has 2 amide bonds. The molecule has 2 aliphatic heterocycles. The molecule has 23 heavy (non-hydrogen) atoms. The normalized spacial score (nSPS) is 24.9. The fourth-order valence-electron chi connectivity index (χ4n) is 2.69. The van der Waals surface area contributed by atoms with Gasteiger partial charge in [-0.25, -0.2) is 13.2 Å². The molecule has 3 N–H and O–H groups in total. The minimum atomic E-state index is -4.84. The Morgan fingerprint density at radius 1 is 1.39 bits per heavy atom. The monoisotopic (exact) mass is 370 g/mol. The highest BCUT2D eigenvalue weighted by Gasteiger charge is 2.48. The van der Waals surface area contributed by atoms with Crippen LogP contribution >= 0.6 is 0 Å². The Morgan fingerprint density at radius 3 is 2.61 bits per heavy atom. The Hall–Kier alpha value is -1.44. The highest BCUT2D eigenvalue weighted by Crippen LogP contribution is 2.30. The number of amides is 2. The van der Waals surface area contributed by atoms with Crippen LogP contribution in [0.1, 0.15) is 26.2 Å². The average Bonchev–Trinajstić information content (AvgIpc) is 2.62. The first-order valence-electron chi connectivity index (χ1n) is 6.90. The molecule has 132 valence electrons. The van der Waals surface area contributed by atoms with E-state index < -0.39 is 38.5 Å². The van der Waals surface area contributed by atoms with Crippen LogP contribution in [0.25, 0.3) is 0 Å². The lowest BCUT2D eigenvalue weighted by Crippen LogP contribution is -2.51. The van der Waals surface area contributed by atoms with Crippen molar-refractivity contribution in [3.63, 3.8) is 0 Å². The van der Waals surface area contributed by atoms with Gasteiger partial charge in [-0.2, -0.15) is 13.5 Å². The Balaban J connectivity index is 2.11. The zero-order chi connectivity index (χ0) is 17.4. The predicted molar refractivity (Wildman–Crippen MR) is 78.3 cm³/mol. The third-order valence-corrected chi connectivity index (χ3v) is 5.39. The SMILES string of the molecule is CCCS(=O)(=O)NC(=N)[C@@H]1CC[C@@H]2CN1C(=O)N2OS(=O)(=O)O. The molecular formula is C10H18N4O7S2. The quantitative estimate of drug-likeness (QED) is 0.317. The molecule has 0 unspecified atom stereocenters. The second-order valence-electron chi connectivity index (χ2n) is 5.34. The Bertz CT molecular complexity index is 705. The van der Waals surface area contributed by atoms with Crippen molar-refractivity contribution in [1.82, 2.24) is 14.7 Å². The van der Waals surface area contributed by atoms with Gasteiger partial charge in [0.1, 0.15) is 5.84 Å². The molecule has 13 heteroatoms. The van der Waals surface area contributed by atoms with Gasteiger partial charge in [-0.3, -0.25) is 14.7 Å². The van der Waals surface area contributed by atoms with Gasteiger partial charge in [0.2, 0.25) is 10.0 Å². The number of carbonyl (C=O) groups excluding carboxylic acids is 1. The second-order valence-corrected chi connectivity index (χ2v) is 8.19. The number of hydroxylamine groups is 2. The lowest BCUT2D eigenvalue weighted by molar-refractivity contribution is -0.0316.